The van der Waals surface area contributed by atoms with E-state index >= 15 is 0 Å². The number of halogens is 1. The van der Waals surface area contributed by atoms with Gasteiger partial charge < -0.3 is 25.4 Å². The van der Waals surface area contributed by atoms with E-state index in [4.69, 9.17) is 9.47 Å². The summed E-state index contributed by atoms with van der Waals surface area (Å²) in [7, 11) is 3.38. The molecule has 0 unspecified atom stereocenters. The number of methoxy groups -OCH3 is 1. The molecule has 1 amide bonds. The average molecular weight is 518 g/mol. The zero-order valence-electron chi connectivity index (χ0n) is 18.0. The number of hydrogen-bond acceptors (Lipinski definition) is 4. The van der Waals surface area contributed by atoms with Crippen molar-refractivity contribution < 1.29 is 14.3 Å². The van der Waals surface area contributed by atoms with E-state index in [0.717, 1.165) is 18.1 Å². The third kappa shape index (κ3) is 7.56. The van der Waals surface area contributed by atoms with Crippen LogP contribution < -0.4 is 25.4 Å². The summed E-state index contributed by atoms with van der Waals surface area (Å²) in [5.41, 5.74) is 1.48. The van der Waals surface area contributed by atoms with E-state index in [1.807, 2.05) is 25.1 Å². The van der Waals surface area contributed by atoms with Crippen LogP contribution in [-0.4, -0.2) is 45.7 Å². The van der Waals surface area contributed by atoms with Gasteiger partial charge in [-0.1, -0.05) is 19.4 Å². The molecule has 0 radical (unpaired) electrons. The predicted octanol–water partition coefficient (Wildman–Crippen LogP) is 3.07. The quantitative estimate of drug-likeness (QED) is 0.252. The number of ether oxygens (including phenoxy) is 2. The molecule has 0 atom stereocenters. The first-order valence-electron chi connectivity index (χ1n) is 10.1. The number of hydrogen-bond donors (Lipinski definition) is 3. The van der Waals surface area contributed by atoms with Gasteiger partial charge in [0.25, 0.3) is 5.91 Å². The van der Waals surface area contributed by atoms with Crippen molar-refractivity contribution in [1.29, 1.82) is 0 Å². The van der Waals surface area contributed by atoms with Crippen molar-refractivity contribution in [2.45, 2.75) is 46.1 Å². The van der Waals surface area contributed by atoms with Crippen molar-refractivity contribution in [3.05, 3.63) is 23.8 Å². The van der Waals surface area contributed by atoms with Crippen LogP contribution in [0.15, 0.2) is 23.2 Å². The molecule has 29 heavy (non-hydrogen) atoms. The Balaban J connectivity index is 0.00000420. The van der Waals surface area contributed by atoms with Crippen LogP contribution in [0.1, 0.15) is 45.1 Å². The summed E-state index contributed by atoms with van der Waals surface area (Å²) in [5.74, 6) is 1.80. The SMILES string of the molecule is CCNC(=O)COc1ccc(CNC(=NC)NCC2(CC)CCC2)cc1OC.I. The number of aliphatic imine (C=N–C) groups is 1. The van der Waals surface area contributed by atoms with Crippen LogP contribution in [0.25, 0.3) is 0 Å². The van der Waals surface area contributed by atoms with Gasteiger partial charge in [0, 0.05) is 26.7 Å². The van der Waals surface area contributed by atoms with Crippen LogP contribution in [-0.2, 0) is 11.3 Å². The van der Waals surface area contributed by atoms with Gasteiger partial charge in [-0.15, -0.1) is 24.0 Å². The molecular formula is C21H35IN4O3. The standard InChI is InChI=1S/C21H34N4O3.HI/c1-5-21(10-7-11-21)15-25-20(22-3)24-13-16-8-9-17(18(12-16)27-4)28-14-19(26)23-6-2;/h8-9,12H,5-7,10-11,13-15H2,1-4H3,(H,23,26)(H2,22,24,25);1H. The normalized spacial score (nSPS) is 14.8. The summed E-state index contributed by atoms with van der Waals surface area (Å²) >= 11 is 0. The van der Waals surface area contributed by atoms with Crippen molar-refractivity contribution in [3.8, 4) is 11.5 Å². The smallest absolute Gasteiger partial charge is 0.257 e. The molecule has 3 N–H and O–H groups in total. The Hall–Kier alpha value is -1.71. The van der Waals surface area contributed by atoms with Crippen LogP contribution in [0.5, 0.6) is 11.5 Å². The fraction of sp³-hybridized carbons (Fsp3) is 0.619. The van der Waals surface area contributed by atoms with Crippen LogP contribution in [0.2, 0.25) is 0 Å². The van der Waals surface area contributed by atoms with Crippen molar-refractivity contribution in [2.75, 3.05) is 33.9 Å². The molecular weight excluding hydrogens is 483 g/mol. The number of benzene rings is 1. The first-order valence-corrected chi connectivity index (χ1v) is 10.1. The summed E-state index contributed by atoms with van der Waals surface area (Å²) in [6.45, 7) is 6.26. The zero-order chi connectivity index (χ0) is 20.4. The van der Waals surface area contributed by atoms with Gasteiger partial charge in [0.2, 0.25) is 0 Å². The fourth-order valence-electron chi connectivity index (χ4n) is 3.34. The molecule has 0 aromatic heterocycles. The Morgan fingerprint density at radius 3 is 2.48 bits per heavy atom. The summed E-state index contributed by atoms with van der Waals surface area (Å²) in [5, 5.41) is 9.51. The molecule has 0 saturated heterocycles. The second-order valence-corrected chi connectivity index (χ2v) is 7.21. The van der Waals surface area contributed by atoms with Crippen LogP contribution >= 0.6 is 24.0 Å². The van der Waals surface area contributed by atoms with Gasteiger partial charge in [0.05, 0.1) is 7.11 Å². The average Bonchev–Trinajstić information content (AvgIpc) is 2.68. The molecule has 1 aromatic rings. The zero-order valence-corrected chi connectivity index (χ0v) is 20.3. The van der Waals surface area contributed by atoms with Gasteiger partial charge in [-0.05, 0) is 49.3 Å². The van der Waals surface area contributed by atoms with E-state index < -0.39 is 0 Å². The van der Waals surface area contributed by atoms with Crippen LogP contribution in [0.4, 0.5) is 0 Å². The lowest BCUT2D eigenvalue weighted by Gasteiger charge is -2.41. The predicted molar refractivity (Wildman–Crippen MR) is 127 cm³/mol. The van der Waals surface area contributed by atoms with E-state index in [-0.39, 0.29) is 36.5 Å². The van der Waals surface area contributed by atoms with Crippen molar-refractivity contribution in [3.63, 3.8) is 0 Å². The molecule has 1 saturated carbocycles. The molecule has 164 valence electrons. The van der Waals surface area contributed by atoms with Gasteiger partial charge in [0.15, 0.2) is 24.1 Å². The lowest BCUT2D eigenvalue weighted by molar-refractivity contribution is -0.123. The first-order chi connectivity index (χ1) is 13.6. The van der Waals surface area contributed by atoms with E-state index in [2.05, 4.69) is 27.9 Å². The van der Waals surface area contributed by atoms with Crippen LogP contribution in [0, 0.1) is 5.41 Å². The summed E-state index contributed by atoms with van der Waals surface area (Å²) < 4.78 is 11.0. The molecule has 1 aliphatic carbocycles. The van der Waals surface area contributed by atoms with Crippen molar-refractivity contribution >= 4 is 35.8 Å². The number of nitrogens with one attached hydrogen (secondary N) is 3. The highest BCUT2D eigenvalue weighted by molar-refractivity contribution is 14.0. The Morgan fingerprint density at radius 1 is 1.17 bits per heavy atom. The minimum atomic E-state index is -0.151. The molecule has 8 heteroatoms. The highest BCUT2D eigenvalue weighted by Crippen LogP contribution is 2.43. The Bertz CT molecular complexity index is 672. The van der Waals surface area contributed by atoms with Gasteiger partial charge in [-0.3, -0.25) is 9.79 Å². The Labute approximate surface area is 191 Å². The molecule has 0 bridgehead atoms. The van der Waals surface area contributed by atoms with Gasteiger partial charge in [-0.2, -0.15) is 0 Å². The topological polar surface area (TPSA) is 84.0 Å². The van der Waals surface area contributed by atoms with Crippen LogP contribution in [0.3, 0.4) is 0 Å². The number of guanidine groups is 1. The maximum absolute atomic E-state index is 11.6. The third-order valence-electron chi connectivity index (χ3n) is 5.44. The Kier molecular flexibility index (Phi) is 11.2. The maximum Gasteiger partial charge on any atom is 0.257 e. The molecule has 1 aromatic carbocycles. The molecule has 1 fully saturated rings. The third-order valence-corrected chi connectivity index (χ3v) is 5.44. The lowest BCUT2D eigenvalue weighted by Crippen LogP contribution is -2.46. The van der Waals surface area contributed by atoms with E-state index in [1.54, 1.807) is 14.2 Å². The maximum atomic E-state index is 11.6. The number of nitrogens with zero attached hydrogens (tertiary/aromatic N) is 1. The Morgan fingerprint density at radius 2 is 1.93 bits per heavy atom. The second-order valence-electron chi connectivity index (χ2n) is 7.21. The monoisotopic (exact) mass is 518 g/mol. The summed E-state index contributed by atoms with van der Waals surface area (Å²) in [6.07, 6.45) is 5.12. The minimum Gasteiger partial charge on any atom is -0.493 e. The number of amides is 1. The number of likely N-dealkylation sites (N-methyl/N-ethyl adjacent to an activating group) is 1. The van der Waals surface area contributed by atoms with E-state index in [1.165, 1.54) is 25.7 Å². The molecule has 1 aliphatic rings. The molecule has 0 aliphatic heterocycles. The molecule has 0 spiro atoms. The number of rotatable bonds is 10. The summed E-state index contributed by atoms with van der Waals surface area (Å²) in [4.78, 5) is 15.9. The lowest BCUT2D eigenvalue weighted by atomic mass is 9.67. The highest BCUT2D eigenvalue weighted by Gasteiger charge is 2.34. The van der Waals surface area contributed by atoms with E-state index in [9.17, 15) is 4.79 Å². The van der Waals surface area contributed by atoms with E-state index in [0.29, 0.717) is 30.0 Å². The van der Waals surface area contributed by atoms with Gasteiger partial charge in [-0.25, -0.2) is 0 Å². The number of carbonyl (C=O) groups excluding carboxylic acids is 1. The number of carbonyl (C=O) groups is 1. The van der Waals surface area contributed by atoms with Gasteiger partial charge in [0.1, 0.15) is 0 Å². The molecule has 0 heterocycles. The summed E-state index contributed by atoms with van der Waals surface area (Å²) in [6, 6.07) is 5.69. The molecule has 2 rings (SSSR count). The van der Waals surface area contributed by atoms with Crippen molar-refractivity contribution in [1.82, 2.24) is 16.0 Å². The first kappa shape index (κ1) is 25.3. The molecule has 7 nitrogen and oxygen atoms in total. The largest absolute Gasteiger partial charge is 0.493 e. The van der Waals surface area contributed by atoms with Gasteiger partial charge >= 0.3 is 0 Å². The second kappa shape index (κ2) is 12.8. The minimum absolute atomic E-state index is 0. The highest BCUT2D eigenvalue weighted by atomic mass is 127. The fourth-order valence-corrected chi connectivity index (χ4v) is 3.34. The van der Waals surface area contributed by atoms with Crippen molar-refractivity contribution in [2.24, 2.45) is 10.4 Å².